The van der Waals surface area contributed by atoms with Gasteiger partial charge < -0.3 is 15.4 Å². The number of urea groups is 1. The molecule has 122 valence electrons. The highest BCUT2D eigenvalue weighted by Crippen LogP contribution is 2.08. The first kappa shape index (κ1) is 18.0. The van der Waals surface area contributed by atoms with Crippen LogP contribution in [-0.4, -0.2) is 25.2 Å². The number of unbranched alkanes of at least 4 members (excludes halogenated alkanes) is 3. The van der Waals surface area contributed by atoms with Crippen LogP contribution in [0.4, 0.5) is 10.5 Å². The molecule has 0 aliphatic carbocycles. The zero-order valence-corrected chi connectivity index (χ0v) is 13.5. The fourth-order valence-electron chi connectivity index (χ4n) is 2.00. The van der Waals surface area contributed by atoms with Crippen molar-refractivity contribution in [3.05, 3.63) is 29.8 Å². The van der Waals surface area contributed by atoms with Crippen molar-refractivity contribution < 1.29 is 14.3 Å². The summed E-state index contributed by atoms with van der Waals surface area (Å²) in [5.74, 6) is -0.127. The van der Waals surface area contributed by atoms with Crippen LogP contribution in [0.3, 0.4) is 0 Å². The number of hydrogen-bond acceptors (Lipinski definition) is 3. The molecule has 0 radical (unpaired) electrons. The number of nitrogens with one attached hydrogen (secondary N) is 2. The third kappa shape index (κ3) is 8.29. The minimum absolute atomic E-state index is 0.127. The topological polar surface area (TPSA) is 67.4 Å². The molecule has 0 saturated heterocycles. The van der Waals surface area contributed by atoms with Gasteiger partial charge >= 0.3 is 12.0 Å². The van der Waals surface area contributed by atoms with E-state index in [1.807, 2.05) is 38.1 Å². The Labute approximate surface area is 132 Å². The fourth-order valence-corrected chi connectivity index (χ4v) is 2.00. The van der Waals surface area contributed by atoms with E-state index >= 15 is 0 Å². The number of carbonyl (C=O) groups excluding carboxylic acids is 2. The van der Waals surface area contributed by atoms with Crippen LogP contribution in [0.2, 0.25) is 0 Å². The summed E-state index contributed by atoms with van der Waals surface area (Å²) in [6, 6.07) is 7.49. The van der Waals surface area contributed by atoms with Crippen molar-refractivity contribution in [3.8, 4) is 0 Å². The van der Waals surface area contributed by atoms with E-state index in [4.69, 9.17) is 4.74 Å². The van der Waals surface area contributed by atoms with Gasteiger partial charge in [0.1, 0.15) is 0 Å². The summed E-state index contributed by atoms with van der Waals surface area (Å²) >= 11 is 0. The Hall–Kier alpha value is -2.04. The molecule has 5 nitrogen and oxygen atoms in total. The minimum Gasteiger partial charge on any atom is -0.466 e. The number of aryl methyl sites for hydroxylation is 1. The van der Waals surface area contributed by atoms with Gasteiger partial charge in [-0.25, -0.2) is 4.79 Å². The minimum atomic E-state index is -0.185. The highest BCUT2D eigenvalue weighted by Gasteiger charge is 2.02. The second-order valence-corrected chi connectivity index (χ2v) is 5.22. The molecule has 22 heavy (non-hydrogen) atoms. The fraction of sp³-hybridized carbons (Fsp3) is 0.529. The molecule has 0 spiro atoms. The molecule has 2 amide bonds. The van der Waals surface area contributed by atoms with Crippen LogP contribution in [0.25, 0.3) is 0 Å². The van der Waals surface area contributed by atoms with E-state index in [1.165, 1.54) is 0 Å². The molecule has 0 atom stereocenters. The second kappa shape index (κ2) is 10.7. The number of carbonyl (C=O) groups is 2. The zero-order valence-electron chi connectivity index (χ0n) is 13.5. The summed E-state index contributed by atoms with van der Waals surface area (Å²) in [7, 11) is 0. The lowest BCUT2D eigenvalue weighted by Crippen LogP contribution is -2.29. The number of ether oxygens (including phenoxy) is 1. The van der Waals surface area contributed by atoms with Crippen molar-refractivity contribution >= 4 is 17.7 Å². The van der Waals surface area contributed by atoms with E-state index in [1.54, 1.807) is 0 Å². The standard InChI is InChI=1S/C17H26N2O3/c1-3-22-16(20)8-6-4-5-7-13-18-17(21)19-15-11-9-14(2)10-12-15/h9-12H,3-8,13H2,1-2H3,(H2,18,19,21). The van der Waals surface area contributed by atoms with Gasteiger partial charge in [-0.1, -0.05) is 30.5 Å². The van der Waals surface area contributed by atoms with Gasteiger partial charge in [0.2, 0.25) is 0 Å². The van der Waals surface area contributed by atoms with E-state index < -0.39 is 0 Å². The van der Waals surface area contributed by atoms with Crippen molar-refractivity contribution in [2.24, 2.45) is 0 Å². The largest absolute Gasteiger partial charge is 0.466 e. The number of anilines is 1. The van der Waals surface area contributed by atoms with Crippen molar-refractivity contribution in [3.63, 3.8) is 0 Å². The van der Waals surface area contributed by atoms with Crippen LogP contribution in [0.1, 0.15) is 44.6 Å². The summed E-state index contributed by atoms with van der Waals surface area (Å²) in [6.07, 6.45) is 4.19. The van der Waals surface area contributed by atoms with E-state index in [0.717, 1.165) is 36.9 Å². The molecule has 1 aromatic rings. The van der Waals surface area contributed by atoms with Crippen LogP contribution >= 0.6 is 0 Å². The molecule has 1 rings (SSSR count). The van der Waals surface area contributed by atoms with Gasteiger partial charge in [0.25, 0.3) is 0 Å². The number of esters is 1. The molecule has 0 unspecified atom stereocenters. The van der Waals surface area contributed by atoms with Gasteiger partial charge in [0.15, 0.2) is 0 Å². The molecular formula is C17H26N2O3. The van der Waals surface area contributed by atoms with Crippen LogP contribution in [-0.2, 0) is 9.53 Å². The van der Waals surface area contributed by atoms with Crippen LogP contribution in [0.5, 0.6) is 0 Å². The molecule has 0 fully saturated rings. The van der Waals surface area contributed by atoms with E-state index in [2.05, 4.69) is 10.6 Å². The average molecular weight is 306 g/mol. The average Bonchev–Trinajstić information content (AvgIpc) is 2.49. The molecule has 5 heteroatoms. The number of rotatable bonds is 9. The Morgan fingerprint density at radius 1 is 1.05 bits per heavy atom. The van der Waals surface area contributed by atoms with Crippen molar-refractivity contribution in [1.29, 1.82) is 0 Å². The van der Waals surface area contributed by atoms with Crippen molar-refractivity contribution in [2.75, 3.05) is 18.5 Å². The van der Waals surface area contributed by atoms with Gasteiger partial charge in [0, 0.05) is 18.7 Å². The Bertz CT molecular complexity index is 457. The van der Waals surface area contributed by atoms with Gasteiger partial charge in [-0.2, -0.15) is 0 Å². The van der Waals surface area contributed by atoms with Crippen LogP contribution in [0.15, 0.2) is 24.3 Å². The number of hydrogen-bond donors (Lipinski definition) is 2. The van der Waals surface area contributed by atoms with Gasteiger partial charge in [-0.3, -0.25) is 4.79 Å². The Balaban J connectivity index is 2.01. The second-order valence-electron chi connectivity index (χ2n) is 5.22. The maximum atomic E-state index is 11.7. The smallest absolute Gasteiger partial charge is 0.319 e. The van der Waals surface area contributed by atoms with E-state index in [9.17, 15) is 9.59 Å². The van der Waals surface area contributed by atoms with E-state index in [-0.39, 0.29) is 12.0 Å². The monoisotopic (exact) mass is 306 g/mol. The molecule has 2 N–H and O–H groups in total. The molecular weight excluding hydrogens is 280 g/mol. The first-order valence-corrected chi connectivity index (χ1v) is 7.89. The summed E-state index contributed by atoms with van der Waals surface area (Å²) in [5, 5.41) is 5.61. The van der Waals surface area contributed by atoms with Crippen molar-refractivity contribution in [1.82, 2.24) is 5.32 Å². The summed E-state index contributed by atoms with van der Waals surface area (Å²) in [4.78, 5) is 22.8. The lowest BCUT2D eigenvalue weighted by Gasteiger charge is -2.08. The van der Waals surface area contributed by atoms with Gasteiger partial charge in [-0.15, -0.1) is 0 Å². The normalized spacial score (nSPS) is 10.1. The highest BCUT2D eigenvalue weighted by atomic mass is 16.5. The molecule has 1 aromatic carbocycles. The third-order valence-corrected chi connectivity index (χ3v) is 3.21. The lowest BCUT2D eigenvalue weighted by molar-refractivity contribution is -0.143. The summed E-state index contributed by atoms with van der Waals surface area (Å²) < 4.78 is 4.86. The summed E-state index contributed by atoms with van der Waals surface area (Å²) in [6.45, 7) is 4.90. The predicted octanol–water partition coefficient (Wildman–Crippen LogP) is 3.63. The zero-order chi connectivity index (χ0) is 16.2. The van der Waals surface area contributed by atoms with Crippen LogP contribution in [0, 0.1) is 6.92 Å². The lowest BCUT2D eigenvalue weighted by atomic mass is 10.1. The Kier molecular flexibility index (Phi) is 8.72. The molecule has 0 saturated carbocycles. The van der Waals surface area contributed by atoms with Crippen molar-refractivity contribution in [2.45, 2.75) is 46.0 Å². The maximum absolute atomic E-state index is 11.7. The quantitative estimate of drug-likeness (QED) is 0.541. The SMILES string of the molecule is CCOC(=O)CCCCCCNC(=O)Nc1ccc(C)cc1. The Morgan fingerprint density at radius 3 is 2.41 bits per heavy atom. The summed E-state index contributed by atoms with van der Waals surface area (Å²) in [5.41, 5.74) is 1.95. The highest BCUT2D eigenvalue weighted by molar-refractivity contribution is 5.89. The van der Waals surface area contributed by atoms with E-state index in [0.29, 0.717) is 19.6 Å². The van der Waals surface area contributed by atoms with Gasteiger partial charge in [-0.05, 0) is 38.8 Å². The predicted molar refractivity (Wildman–Crippen MR) is 87.9 cm³/mol. The van der Waals surface area contributed by atoms with Crippen LogP contribution < -0.4 is 10.6 Å². The Morgan fingerprint density at radius 2 is 1.73 bits per heavy atom. The first-order valence-electron chi connectivity index (χ1n) is 7.89. The number of benzene rings is 1. The first-order chi connectivity index (χ1) is 10.6. The molecule has 0 bridgehead atoms. The third-order valence-electron chi connectivity index (χ3n) is 3.21. The molecule has 0 aliphatic heterocycles. The maximum Gasteiger partial charge on any atom is 0.319 e. The molecule has 0 aliphatic rings. The molecule has 0 heterocycles. The van der Waals surface area contributed by atoms with Gasteiger partial charge in [0.05, 0.1) is 6.61 Å². The molecule has 0 aromatic heterocycles. The number of amides is 2.